The normalized spacial score (nSPS) is 10.8. The first-order chi connectivity index (χ1) is 7.47. The lowest BCUT2D eigenvalue weighted by Crippen LogP contribution is -2.19. The summed E-state index contributed by atoms with van der Waals surface area (Å²) >= 11 is 5.44. The van der Waals surface area contributed by atoms with Gasteiger partial charge in [-0.3, -0.25) is 9.59 Å². The van der Waals surface area contributed by atoms with Gasteiger partial charge in [0.1, 0.15) is 0 Å². The summed E-state index contributed by atoms with van der Waals surface area (Å²) in [5, 5.41) is 8.54. The molecule has 1 aromatic heterocycles. The van der Waals surface area contributed by atoms with Gasteiger partial charge < -0.3 is 10.1 Å². The molecule has 0 radical (unpaired) electrons. The number of carboxylic acid groups (broad SMARTS) is 1. The Kier molecular flexibility index (Phi) is 4.00. The van der Waals surface area contributed by atoms with E-state index < -0.39 is 29.8 Å². The minimum absolute atomic E-state index is 0.0527. The van der Waals surface area contributed by atoms with Gasteiger partial charge in [-0.1, -0.05) is 0 Å². The molecule has 0 unspecified atom stereocenters. The summed E-state index contributed by atoms with van der Waals surface area (Å²) in [4.78, 5) is 24.3. The Hall–Kier alpha value is -1.43. The molecule has 88 valence electrons. The van der Waals surface area contributed by atoms with Gasteiger partial charge in [0.15, 0.2) is 5.43 Å². The van der Waals surface area contributed by atoms with Crippen LogP contribution in [0.5, 0.6) is 0 Å². The van der Waals surface area contributed by atoms with Crippen LogP contribution < -0.4 is 5.43 Å². The van der Waals surface area contributed by atoms with Crippen LogP contribution in [0.15, 0.2) is 11.0 Å². The number of aliphatic carboxylic acids is 1. The van der Waals surface area contributed by atoms with E-state index in [1.54, 1.807) is 0 Å². The van der Waals surface area contributed by atoms with Gasteiger partial charge in [0.25, 0.3) is 6.43 Å². The summed E-state index contributed by atoms with van der Waals surface area (Å²) in [6, 6.07) is 0. The van der Waals surface area contributed by atoms with Crippen LogP contribution in [-0.4, -0.2) is 16.1 Å². The van der Waals surface area contributed by atoms with Crippen LogP contribution in [0.25, 0.3) is 0 Å². The quantitative estimate of drug-likeness (QED) is 0.800. The monoisotopic (exact) mass is 251 g/mol. The molecule has 0 amide bonds. The SMILES string of the molecule is O=C(O)Cc1[nH]cc(C(F)F)c(=O)c1CCl. The number of H-pyrrole nitrogens is 1. The van der Waals surface area contributed by atoms with Crippen molar-refractivity contribution in [3.8, 4) is 0 Å². The van der Waals surface area contributed by atoms with E-state index in [2.05, 4.69) is 4.98 Å². The Bertz CT molecular complexity index is 459. The van der Waals surface area contributed by atoms with Gasteiger partial charge in [-0.25, -0.2) is 8.78 Å². The number of pyridine rings is 1. The highest BCUT2D eigenvalue weighted by atomic mass is 35.5. The molecule has 1 aromatic rings. The molecular weight excluding hydrogens is 244 g/mol. The molecule has 1 rings (SSSR count). The standard InChI is InChI=1S/C9H8ClF2NO3/c10-2-4-6(1-7(14)15)13-3-5(8(4)16)9(11)12/h3,9H,1-2H2,(H,13,16)(H,14,15). The first-order valence-electron chi connectivity index (χ1n) is 4.26. The topological polar surface area (TPSA) is 70.2 Å². The lowest BCUT2D eigenvalue weighted by Gasteiger charge is -2.06. The van der Waals surface area contributed by atoms with Crippen molar-refractivity contribution < 1.29 is 18.7 Å². The van der Waals surface area contributed by atoms with Crippen molar-refractivity contribution in [3.63, 3.8) is 0 Å². The van der Waals surface area contributed by atoms with E-state index >= 15 is 0 Å². The maximum absolute atomic E-state index is 12.4. The molecule has 2 N–H and O–H groups in total. The summed E-state index contributed by atoms with van der Waals surface area (Å²) in [7, 11) is 0. The molecule has 0 atom stereocenters. The summed E-state index contributed by atoms with van der Waals surface area (Å²) < 4.78 is 24.7. The molecule has 1 heterocycles. The van der Waals surface area contributed by atoms with Gasteiger partial charge >= 0.3 is 5.97 Å². The highest BCUT2D eigenvalue weighted by Crippen LogP contribution is 2.16. The number of hydrogen-bond acceptors (Lipinski definition) is 2. The number of aromatic nitrogens is 1. The predicted octanol–water partition coefficient (Wildman–Crippen LogP) is 1.68. The van der Waals surface area contributed by atoms with Crippen LogP contribution in [0.4, 0.5) is 8.78 Å². The summed E-state index contributed by atoms with van der Waals surface area (Å²) in [6.07, 6.45) is -2.55. The molecule has 0 saturated heterocycles. The first kappa shape index (κ1) is 12.6. The lowest BCUT2D eigenvalue weighted by atomic mass is 10.1. The Morgan fingerprint density at radius 1 is 1.56 bits per heavy atom. The second-order valence-corrected chi connectivity index (χ2v) is 3.30. The van der Waals surface area contributed by atoms with Gasteiger partial charge in [0, 0.05) is 17.5 Å². The average Bonchev–Trinajstić information content (AvgIpc) is 2.16. The number of alkyl halides is 3. The Morgan fingerprint density at radius 2 is 2.19 bits per heavy atom. The van der Waals surface area contributed by atoms with E-state index in [0.717, 1.165) is 6.20 Å². The fourth-order valence-corrected chi connectivity index (χ4v) is 1.52. The summed E-state index contributed by atoms with van der Waals surface area (Å²) in [6.45, 7) is 0. The van der Waals surface area contributed by atoms with Gasteiger partial charge in [-0.2, -0.15) is 0 Å². The number of halogens is 3. The molecular formula is C9H8ClF2NO3. The number of carboxylic acids is 1. The van der Waals surface area contributed by atoms with Crippen molar-refractivity contribution in [1.82, 2.24) is 4.98 Å². The zero-order valence-corrected chi connectivity index (χ0v) is 8.72. The highest BCUT2D eigenvalue weighted by molar-refractivity contribution is 6.17. The smallest absolute Gasteiger partial charge is 0.309 e. The minimum atomic E-state index is -2.91. The molecule has 0 aliphatic rings. The third-order valence-corrected chi connectivity index (χ3v) is 2.27. The van der Waals surface area contributed by atoms with Gasteiger partial charge in [0.05, 0.1) is 17.9 Å². The second-order valence-electron chi connectivity index (χ2n) is 3.04. The molecule has 0 aliphatic heterocycles. The van der Waals surface area contributed by atoms with Gasteiger partial charge in [-0.05, 0) is 0 Å². The van der Waals surface area contributed by atoms with Crippen LogP contribution in [-0.2, 0) is 17.1 Å². The number of carbonyl (C=O) groups is 1. The second kappa shape index (κ2) is 5.07. The van der Waals surface area contributed by atoms with Crippen LogP contribution in [0.2, 0.25) is 0 Å². The zero-order valence-electron chi connectivity index (χ0n) is 7.97. The van der Waals surface area contributed by atoms with E-state index in [4.69, 9.17) is 16.7 Å². The fraction of sp³-hybridized carbons (Fsp3) is 0.333. The Morgan fingerprint density at radius 3 is 2.62 bits per heavy atom. The number of nitrogens with one attached hydrogen (secondary N) is 1. The number of aromatic amines is 1. The minimum Gasteiger partial charge on any atom is -0.481 e. The molecule has 16 heavy (non-hydrogen) atoms. The largest absolute Gasteiger partial charge is 0.481 e. The predicted molar refractivity (Wildman–Crippen MR) is 52.9 cm³/mol. The van der Waals surface area contributed by atoms with Crippen LogP contribution in [0.3, 0.4) is 0 Å². The summed E-state index contributed by atoms with van der Waals surface area (Å²) in [5.41, 5.74) is -1.68. The highest BCUT2D eigenvalue weighted by Gasteiger charge is 2.18. The van der Waals surface area contributed by atoms with Crippen molar-refractivity contribution in [2.24, 2.45) is 0 Å². The molecule has 0 spiro atoms. The van der Waals surface area contributed by atoms with Crippen LogP contribution in [0.1, 0.15) is 23.2 Å². The fourth-order valence-electron chi connectivity index (χ4n) is 1.24. The van der Waals surface area contributed by atoms with Gasteiger partial charge in [-0.15, -0.1) is 11.6 Å². The van der Waals surface area contributed by atoms with Crippen molar-refractivity contribution >= 4 is 17.6 Å². The molecule has 0 fully saturated rings. The van der Waals surface area contributed by atoms with Crippen molar-refractivity contribution in [2.75, 3.05) is 0 Å². The van der Waals surface area contributed by atoms with Gasteiger partial charge in [0.2, 0.25) is 0 Å². The number of rotatable bonds is 4. The van der Waals surface area contributed by atoms with E-state index in [1.807, 2.05) is 0 Å². The van der Waals surface area contributed by atoms with Crippen molar-refractivity contribution in [3.05, 3.63) is 33.2 Å². The van der Waals surface area contributed by atoms with Crippen molar-refractivity contribution in [1.29, 1.82) is 0 Å². The Labute approximate surface area is 93.9 Å². The zero-order chi connectivity index (χ0) is 12.3. The van der Waals surface area contributed by atoms with Crippen molar-refractivity contribution in [2.45, 2.75) is 18.7 Å². The average molecular weight is 252 g/mol. The first-order valence-corrected chi connectivity index (χ1v) is 4.80. The molecule has 0 aliphatic carbocycles. The van der Waals surface area contributed by atoms with E-state index in [9.17, 15) is 18.4 Å². The van der Waals surface area contributed by atoms with Crippen LogP contribution >= 0.6 is 11.6 Å². The third-order valence-electron chi connectivity index (χ3n) is 2.00. The summed E-state index contributed by atoms with van der Waals surface area (Å²) in [5.74, 6) is -1.48. The maximum atomic E-state index is 12.4. The maximum Gasteiger partial charge on any atom is 0.309 e. The van der Waals surface area contributed by atoms with E-state index in [1.165, 1.54) is 0 Å². The van der Waals surface area contributed by atoms with E-state index in [0.29, 0.717) is 0 Å². The lowest BCUT2D eigenvalue weighted by molar-refractivity contribution is -0.136. The Balaban J connectivity index is 3.29. The molecule has 0 saturated carbocycles. The molecule has 7 heteroatoms. The molecule has 0 aromatic carbocycles. The van der Waals surface area contributed by atoms with E-state index in [-0.39, 0.29) is 17.1 Å². The molecule has 0 bridgehead atoms. The van der Waals surface area contributed by atoms with Crippen LogP contribution in [0, 0.1) is 0 Å². The molecule has 4 nitrogen and oxygen atoms in total. The third kappa shape index (κ3) is 2.57. The number of hydrogen-bond donors (Lipinski definition) is 2.